The normalized spacial score (nSPS) is 25.3. The maximum Gasteiger partial charge on any atom is 0.126 e. The minimum atomic E-state index is -0.274. The number of aromatic nitrogens is 2. The first-order valence-electron chi connectivity index (χ1n) is 11.2. The molecule has 2 fully saturated rings. The van der Waals surface area contributed by atoms with Crippen LogP contribution in [-0.2, 0) is 9.47 Å². The highest BCUT2D eigenvalue weighted by Crippen LogP contribution is 2.30. The summed E-state index contributed by atoms with van der Waals surface area (Å²) < 4.78 is 11.0. The molecular weight excluding hydrogens is 428 g/mol. The van der Waals surface area contributed by atoms with E-state index < -0.39 is 0 Å². The third-order valence-corrected chi connectivity index (χ3v) is 6.79. The van der Waals surface area contributed by atoms with Crippen molar-refractivity contribution in [3.05, 3.63) is 35.5 Å². The standard InChI is InChI=1S/C23H33ClN6O2/c1-31-20-11-15(5-6-18(20)25)29-22-12-16(17(24)13-27-22)19-3-2-4-21(30-19)28-14-23(26)7-9-32-10-8-23/h2-4,12-13,15,18,20H,5-11,14,25-26H2,1H3,(H,27,29)(H,28,30)/t15-,18-,20+/m0/s1. The van der Waals surface area contributed by atoms with Gasteiger partial charge in [-0.25, -0.2) is 9.97 Å². The molecule has 0 radical (unpaired) electrons. The van der Waals surface area contributed by atoms with Gasteiger partial charge in [0.05, 0.1) is 16.8 Å². The van der Waals surface area contributed by atoms with Gasteiger partial charge in [-0.05, 0) is 50.3 Å². The van der Waals surface area contributed by atoms with Crippen molar-refractivity contribution in [1.29, 1.82) is 0 Å². The van der Waals surface area contributed by atoms with Crippen molar-refractivity contribution >= 4 is 23.2 Å². The van der Waals surface area contributed by atoms with E-state index in [-0.39, 0.29) is 23.7 Å². The Bertz CT molecular complexity index is 908. The van der Waals surface area contributed by atoms with Crippen LogP contribution >= 0.6 is 11.6 Å². The van der Waals surface area contributed by atoms with Crippen LogP contribution in [0.4, 0.5) is 11.6 Å². The van der Waals surface area contributed by atoms with Gasteiger partial charge in [-0.2, -0.15) is 0 Å². The molecule has 3 heterocycles. The summed E-state index contributed by atoms with van der Waals surface area (Å²) >= 11 is 6.49. The molecule has 2 aromatic rings. The first kappa shape index (κ1) is 23.2. The monoisotopic (exact) mass is 460 g/mol. The first-order valence-corrected chi connectivity index (χ1v) is 11.6. The Morgan fingerprint density at radius 3 is 2.84 bits per heavy atom. The molecule has 1 saturated heterocycles. The summed E-state index contributed by atoms with van der Waals surface area (Å²) in [6, 6.07) is 8.14. The van der Waals surface area contributed by atoms with Crippen LogP contribution in [0.15, 0.2) is 30.5 Å². The molecular formula is C23H33ClN6O2. The number of nitrogens with one attached hydrogen (secondary N) is 2. The second kappa shape index (κ2) is 10.3. The topological polar surface area (TPSA) is 120 Å². The van der Waals surface area contributed by atoms with Gasteiger partial charge in [0.25, 0.3) is 0 Å². The van der Waals surface area contributed by atoms with E-state index in [9.17, 15) is 0 Å². The van der Waals surface area contributed by atoms with Gasteiger partial charge in [0.2, 0.25) is 0 Å². The number of methoxy groups -OCH3 is 1. The van der Waals surface area contributed by atoms with Crippen LogP contribution in [-0.4, -0.2) is 60.6 Å². The van der Waals surface area contributed by atoms with E-state index in [2.05, 4.69) is 15.6 Å². The smallest absolute Gasteiger partial charge is 0.126 e. The molecule has 9 heteroatoms. The number of nitrogens with zero attached hydrogens (tertiary/aromatic N) is 2. The Morgan fingerprint density at radius 2 is 2.06 bits per heavy atom. The number of rotatable bonds is 7. The molecule has 1 saturated carbocycles. The third kappa shape index (κ3) is 5.68. The van der Waals surface area contributed by atoms with E-state index in [1.54, 1.807) is 13.3 Å². The van der Waals surface area contributed by atoms with Gasteiger partial charge in [-0.1, -0.05) is 17.7 Å². The minimum absolute atomic E-state index is 0.0546. The maximum absolute atomic E-state index is 6.49. The second-order valence-corrected chi connectivity index (χ2v) is 9.29. The molecule has 2 aromatic heterocycles. The van der Waals surface area contributed by atoms with Crippen molar-refractivity contribution in [3.63, 3.8) is 0 Å². The highest BCUT2D eigenvalue weighted by molar-refractivity contribution is 6.33. The molecule has 0 bridgehead atoms. The highest BCUT2D eigenvalue weighted by atomic mass is 35.5. The molecule has 1 aliphatic carbocycles. The van der Waals surface area contributed by atoms with Gasteiger partial charge >= 0.3 is 0 Å². The fraction of sp³-hybridized carbons (Fsp3) is 0.565. The largest absolute Gasteiger partial charge is 0.381 e. The van der Waals surface area contributed by atoms with E-state index in [4.69, 9.17) is 37.5 Å². The lowest BCUT2D eigenvalue weighted by molar-refractivity contribution is 0.0505. The van der Waals surface area contributed by atoms with E-state index >= 15 is 0 Å². The number of halogens is 1. The number of hydrogen-bond acceptors (Lipinski definition) is 8. The van der Waals surface area contributed by atoms with E-state index in [1.165, 1.54) is 0 Å². The molecule has 174 valence electrons. The Balaban J connectivity index is 1.45. The van der Waals surface area contributed by atoms with Crippen molar-refractivity contribution in [2.75, 3.05) is 37.5 Å². The zero-order chi connectivity index (χ0) is 22.6. The van der Waals surface area contributed by atoms with Gasteiger partial charge in [0.15, 0.2) is 0 Å². The summed E-state index contributed by atoms with van der Waals surface area (Å²) in [6.07, 6.45) is 6.13. The number of nitrogens with two attached hydrogens (primary N) is 2. The van der Waals surface area contributed by atoms with Crippen LogP contribution in [0.5, 0.6) is 0 Å². The Hall–Kier alpha value is -1.97. The van der Waals surface area contributed by atoms with Gasteiger partial charge in [-0.15, -0.1) is 0 Å². The van der Waals surface area contributed by atoms with Gasteiger partial charge in [0.1, 0.15) is 11.6 Å². The molecule has 6 N–H and O–H groups in total. The Labute approximate surface area is 194 Å². The van der Waals surface area contributed by atoms with Crippen molar-refractivity contribution in [1.82, 2.24) is 9.97 Å². The summed E-state index contributed by atoms with van der Waals surface area (Å²) in [5.41, 5.74) is 14.0. The first-order chi connectivity index (χ1) is 15.5. The molecule has 0 amide bonds. The lowest BCUT2D eigenvalue weighted by Gasteiger charge is -2.33. The molecule has 0 aromatic carbocycles. The van der Waals surface area contributed by atoms with Crippen molar-refractivity contribution < 1.29 is 9.47 Å². The Morgan fingerprint density at radius 1 is 1.25 bits per heavy atom. The van der Waals surface area contributed by atoms with Gasteiger partial charge < -0.3 is 31.6 Å². The number of pyridine rings is 2. The quantitative estimate of drug-likeness (QED) is 0.497. The second-order valence-electron chi connectivity index (χ2n) is 8.88. The lowest BCUT2D eigenvalue weighted by atomic mass is 9.89. The molecule has 0 unspecified atom stereocenters. The predicted octanol–water partition coefficient (Wildman–Crippen LogP) is 3.02. The number of hydrogen-bond donors (Lipinski definition) is 4. The van der Waals surface area contributed by atoms with Crippen molar-refractivity contribution in [3.8, 4) is 11.3 Å². The summed E-state index contributed by atoms with van der Waals surface area (Å²) in [7, 11) is 1.72. The van der Waals surface area contributed by atoms with Crippen LogP contribution in [0.2, 0.25) is 5.02 Å². The molecule has 0 spiro atoms. The van der Waals surface area contributed by atoms with Crippen molar-refractivity contribution in [2.24, 2.45) is 11.5 Å². The number of ether oxygens (including phenoxy) is 2. The van der Waals surface area contributed by atoms with Gasteiger partial charge in [-0.3, -0.25) is 0 Å². The zero-order valence-corrected chi connectivity index (χ0v) is 19.3. The van der Waals surface area contributed by atoms with E-state index in [1.807, 2.05) is 24.3 Å². The fourth-order valence-corrected chi connectivity index (χ4v) is 4.58. The lowest BCUT2D eigenvalue weighted by Crippen LogP contribution is -2.50. The molecule has 8 nitrogen and oxygen atoms in total. The average Bonchev–Trinajstić information content (AvgIpc) is 2.81. The van der Waals surface area contributed by atoms with E-state index in [0.717, 1.165) is 55.0 Å². The maximum atomic E-state index is 6.49. The SMILES string of the molecule is CO[C@@H]1C[C@@H](Nc2cc(-c3cccc(NCC4(N)CCOCC4)n3)c(Cl)cn2)CC[C@@H]1N. The van der Waals surface area contributed by atoms with Crippen LogP contribution < -0.4 is 22.1 Å². The molecule has 4 rings (SSSR count). The van der Waals surface area contributed by atoms with Crippen LogP contribution in [0.1, 0.15) is 32.1 Å². The van der Waals surface area contributed by atoms with Crippen molar-refractivity contribution in [2.45, 2.75) is 55.8 Å². The summed E-state index contributed by atoms with van der Waals surface area (Å²) in [4.78, 5) is 9.24. The molecule has 1 aliphatic heterocycles. The predicted molar refractivity (Wildman–Crippen MR) is 128 cm³/mol. The fourth-order valence-electron chi connectivity index (χ4n) is 4.38. The Kier molecular flexibility index (Phi) is 7.48. The van der Waals surface area contributed by atoms with Gasteiger partial charge in [0, 0.05) is 56.3 Å². The molecule has 3 atom stereocenters. The summed E-state index contributed by atoms with van der Waals surface area (Å²) in [5.74, 6) is 1.54. The van der Waals surface area contributed by atoms with Crippen LogP contribution in [0.3, 0.4) is 0 Å². The zero-order valence-electron chi connectivity index (χ0n) is 18.5. The van der Waals surface area contributed by atoms with Crippen LogP contribution in [0, 0.1) is 0 Å². The van der Waals surface area contributed by atoms with Crippen LogP contribution in [0.25, 0.3) is 11.3 Å². The number of anilines is 2. The average molecular weight is 461 g/mol. The summed E-state index contributed by atoms with van der Waals surface area (Å²) in [5, 5.41) is 7.46. The third-order valence-electron chi connectivity index (χ3n) is 6.49. The summed E-state index contributed by atoms with van der Waals surface area (Å²) in [6.45, 7) is 2.05. The minimum Gasteiger partial charge on any atom is -0.381 e. The molecule has 2 aliphatic rings. The molecule has 32 heavy (non-hydrogen) atoms. The van der Waals surface area contributed by atoms with E-state index in [0.29, 0.717) is 24.8 Å². The highest BCUT2D eigenvalue weighted by Gasteiger charge is 2.29.